The maximum absolute atomic E-state index is 12.2. The molecule has 1 N–H and O–H groups in total. The van der Waals surface area contributed by atoms with Gasteiger partial charge in [-0.15, -0.1) is 0 Å². The number of nitro groups is 1. The molecule has 0 aliphatic heterocycles. The van der Waals surface area contributed by atoms with E-state index in [2.05, 4.69) is 10.5 Å². The average molecular weight is 440 g/mol. The number of carbonyl (C=O) groups is 1. The lowest BCUT2D eigenvalue weighted by Crippen LogP contribution is -2.17. The number of hydrogen-bond acceptors (Lipinski definition) is 6. The lowest BCUT2D eigenvalue weighted by Gasteiger charge is -2.13. The molecule has 158 valence electrons. The molecule has 0 bridgehead atoms. The number of non-ortho nitro benzene ring substituents is 1. The first kappa shape index (κ1) is 21.8. The number of hydrazone groups is 1. The minimum Gasteiger partial charge on any atom is -0.493 e. The summed E-state index contributed by atoms with van der Waals surface area (Å²) >= 11 is 5.90. The van der Waals surface area contributed by atoms with Crippen LogP contribution < -0.4 is 14.9 Å². The van der Waals surface area contributed by atoms with E-state index in [4.69, 9.17) is 21.1 Å². The number of para-hydroxylation sites is 1. The highest BCUT2D eigenvalue weighted by atomic mass is 35.5. The van der Waals surface area contributed by atoms with Crippen molar-refractivity contribution < 1.29 is 19.2 Å². The Morgan fingerprint density at radius 3 is 2.58 bits per heavy atom. The summed E-state index contributed by atoms with van der Waals surface area (Å²) in [7, 11) is 1.51. The molecule has 3 rings (SSSR count). The summed E-state index contributed by atoms with van der Waals surface area (Å²) < 4.78 is 11.2. The number of methoxy groups -OCH3 is 1. The minimum absolute atomic E-state index is 0.00399. The van der Waals surface area contributed by atoms with Crippen LogP contribution in [0.25, 0.3) is 0 Å². The van der Waals surface area contributed by atoms with Gasteiger partial charge in [0.2, 0.25) is 0 Å². The Hall–Kier alpha value is -3.91. The number of ether oxygens (including phenoxy) is 2. The summed E-state index contributed by atoms with van der Waals surface area (Å²) in [4.78, 5) is 22.5. The van der Waals surface area contributed by atoms with E-state index in [1.54, 1.807) is 48.5 Å². The summed E-state index contributed by atoms with van der Waals surface area (Å²) in [5.41, 5.74) is 4.15. The van der Waals surface area contributed by atoms with Gasteiger partial charge in [0.25, 0.3) is 11.6 Å². The first-order chi connectivity index (χ1) is 15.0. The molecule has 0 saturated carbocycles. The van der Waals surface area contributed by atoms with Crippen molar-refractivity contribution in [1.82, 2.24) is 5.43 Å². The molecule has 3 aromatic rings. The van der Waals surface area contributed by atoms with Crippen LogP contribution in [0.2, 0.25) is 5.02 Å². The van der Waals surface area contributed by atoms with E-state index in [-0.39, 0.29) is 12.3 Å². The molecule has 0 unspecified atom stereocenters. The SMILES string of the molecule is COc1cccc(/C=N/NC(=O)c2cccc(Cl)c2)c1OCc1ccc([N+](=O)[O-])cc1. The Labute approximate surface area is 183 Å². The van der Waals surface area contributed by atoms with E-state index < -0.39 is 10.8 Å². The van der Waals surface area contributed by atoms with Crippen LogP contribution in [0.4, 0.5) is 5.69 Å². The van der Waals surface area contributed by atoms with E-state index in [0.29, 0.717) is 27.6 Å². The quantitative estimate of drug-likeness (QED) is 0.314. The molecule has 0 radical (unpaired) electrons. The number of halogens is 1. The van der Waals surface area contributed by atoms with E-state index in [1.807, 2.05) is 0 Å². The highest BCUT2D eigenvalue weighted by Gasteiger charge is 2.11. The molecule has 0 heterocycles. The van der Waals surface area contributed by atoms with Crippen molar-refractivity contribution in [2.45, 2.75) is 6.61 Å². The van der Waals surface area contributed by atoms with Crippen LogP contribution in [0.5, 0.6) is 11.5 Å². The van der Waals surface area contributed by atoms with Crippen LogP contribution in [0, 0.1) is 10.1 Å². The number of carbonyl (C=O) groups excluding carboxylic acids is 1. The van der Waals surface area contributed by atoms with Gasteiger partial charge in [0.05, 0.1) is 18.2 Å². The summed E-state index contributed by atoms with van der Waals surface area (Å²) in [6, 6.07) is 17.8. The van der Waals surface area contributed by atoms with Crippen LogP contribution in [0.3, 0.4) is 0 Å². The second kappa shape index (κ2) is 10.2. The smallest absolute Gasteiger partial charge is 0.271 e. The Kier molecular flexibility index (Phi) is 7.18. The van der Waals surface area contributed by atoms with Crippen molar-refractivity contribution >= 4 is 29.4 Å². The summed E-state index contributed by atoms with van der Waals surface area (Å²) in [5, 5.41) is 15.2. The second-order valence-electron chi connectivity index (χ2n) is 6.30. The molecule has 31 heavy (non-hydrogen) atoms. The third-order valence-corrected chi connectivity index (χ3v) is 4.45. The fourth-order valence-electron chi connectivity index (χ4n) is 2.67. The van der Waals surface area contributed by atoms with Gasteiger partial charge < -0.3 is 9.47 Å². The first-order valence-corrected chi connectivity index (χ1v) is 9.48. The number of nitro benzene ring substituents is 1. The fourth-order valence-corrected chi connectivity index (χ4v) is 2.86. The van der Waals surface area contributed by atoms with Gasteiger partial charge in [0.15, 0.2) is 11.5 Å². The number of rotatable bonds is 8. The van der Waals surface area contributed by atoms with Gasteiger partial charge >= 0.3 is 0 Å². The zero-order valence-electron chi connectivity index (χ0n) is 16.4. The maximum atomic E-state index is 12.2. The summed E-state index contributed by atoms with van der Waals surface area (Å²) in [6.45, 7) is 0.161. The topological polar surface area (TPSA) is 103 Å². The molecule has 0 aliphatic rings. The molecule has 0 aliphatic carbocycles. The molecule has 0 aromatic heterocycles. The highest BCUT2D eigenvalue weighted by molar-refractivity contribution is 6.30. The van der Waals surface area contributed by atoms with Crippen molar-refractivity contribution in [3.05, 3.63) is 98.6 Å². The van der Waals surface area contributed by atoms with E-state index in [1.165, 1.54) is 31.5 Å². The molecular formula is C22H18ClN3O5. The summed E-state index contributed by atoms with van der Waals surface area (Å²) in [5.74, 6) is 0.492. The standard InChI is InChI=1S/C22H18ClN3O5/c1-30-20-7-3-5-17(13-24-25-22(27)16-4-2-6-18(23)12-16)21(20)31-14-15-8-10-19(11-9-15)26(28)29/h2-13H,14H2,1H3,(H,25,27)/b24-13+. The van der Waals surface area contributed by atoms with Crippen molar-refractivity contribution in [2.75, 3.05) is 7.11 Å². The largest absolute Gasteiger partial charge is 0.493 e. The lowest BCUT2D eigenvalue weighted by molar-refractivity contribution is -0.384. The third-order valence-electron chi connectivity index (χ3n) is 4.22. The molecular weight excluding hydrogens is 422 g/mol. The van der Waals surface area contributed by atoms with E-state index >= 15 is 0 Å². The number of benzene rings is 3. The predicted molar refractivity (Wildman–Crippen MR) is 117 cm³/mol. The first-order valence-electron chi connectivity index (χ1n) is 9.10. The Morgan fingerprint density at radius 1 is 1.16 bits per heavy atom. The molecule has 9 heteroatoms. The number of amides is 1. The van der Waals surface area contributed by atoms with Crippen LogP contribution in [-0.4, -0.2) is 24.2 Å². The van der Waals surface area contributed by atoms with Crippen LogP contribution in [0.1, 0.15) is 21.5 Å². The normalized spacial score (nSPS) is 10.6. The highest BCUT2D eigenvalue weighted by Crippen LogP contribution is 2.31. The Bertz CT molecular complexity index is 1120. The number of nitrogens with zero attached hydrogens (tertiary/aromatic N) is 2. The van der Waals surface area contributed by atoms with Crippen molar-refractivity contribution in [3.63, 3.8) is 0 Å². The monoisotopic (exact) mass is 439 g/mol. The summed E-state index contributed by atoms with van der Waals surface area (Å²) in [6.07, 6.45) is 1.44. The third kappa shape index (κ3) is 5.80. The van der Waals surface area contributed by atoms with Gasteiger partial charge in [-0.2, -0.15) is 5.10 Å². The average Bonchev–Trinajstić information content (AvgIpc) is 2.78. The number of nitrogens with one attached hydrogen (secondary N) is 1. The van der Waals surface area contributed by atoms with E-state index in [9.17, 15) is 14.9 Å². The molecule has 0 fully saturated rings. The van der Waals surface area contributed by atoms with Crippen LogP contribution >= 0.6 is 11.6 Å². The zero-order valence-corrected chi connectivity index (χ0v) is 17.2. The van der Waals surface area contributed by atoms with Crippen molar-refractivity contribution in [3.8, 4) is 11.5 Å². The minimum atomic E-state index is -0.461. The molecule has 0 atom stereocenters. The fraction of sp³-hybridized carbons (Fsp3) is 0.0909. The van der Waals surface area contributed by atoms with Gasteiger partial charge in [-0.1, -0.05) is 23.7 Å². The van der Waals surface area contributed by atoms with E-state index in [0.717, 1.165) is 5.56 Å². The van der Waals surface area contributed by atoms with Gasteiger partial charge in [-0.3, -0.25) is 14.9 Å². The lowest BCUT2D eigenvalue weighted by atomic mass is 10.2. The zero-order chi connectivity index (χ0) is 22.2. The Morgan fingerprint density at radius 2 is 1.90 bits per heavy atom. The van der Waals surface area contributed by atoms with Gasteiger partial charge in [0, 0.05) is 28.3 Å². The van der Waals surface area contributed by atoms with Gasteiger partial charge in [-0.05, 0) is 48.0 Å². The predicted octanol–water partition coefficient (Wildman–Crippen LogP) is 4.60. The van der Waals surface area contributed by atoms with Crippen molar-refractivity contribution in [2.24, 2.45) is 5.10 Å². The molecule has 0 spiro atoms. The molecule has 8 nitrogen and oxygen atoms in total. The molecule has 0 saturated heterocycles. The van der Waals surface area contributed by atoms with Crippen molar-refractivity contribution in [1.29, 1.82) is 0 Å². The second-order valence-corrected chi connectivity index (χ2v) is 6.74. The number of hydrogen-bond donors (Lipinski definition) is 1. The maximum Gasteiger partial charge on any atom is 0.271 e. The van der Waals surface area contributed by atoms with Gasteiger partial charge in [-0.25, -0.2) is 5.43 Å². The van der Waals surface area contributed by atoms with Crippen LogP contribution in [-0.2, 0) is 6.61 Å². The molecule has 1 amide bonds. The van der Waals surface area contributed by atoms with Gasteiger partial charge in [0.1, 0.15) is 6.61 Å². The molecule has 3 aromatic carbocycles. The Balaban J connectivity index is 1.73. The van der Waals surface area contributed by atoms with Crippen LogP contribution in [0.15, 0.2) is 71.8 Å².